The third kappa shape index (κ3) is 2.43. The van der Waals surface area contributed by atoms with Crippen molar-refractivity contribution in [1.82, 2.24) is 0 Å². The number of rotatable bonds is 4. The lowest BCUT2D eigenvalue weighted by Gasteiger charge is -2.29. The van der Waals surface area contributed by atoms with Crippen LogP contribution in [0.1, 0.15) is 31.2 Å². The average molecular weight is 266 g/mol. The van der Waals surface area contributed by atoms with Gasteiger partial charge >= 0.3 is 0 Å². The Labute approximate surface area is 112 Å². The van der Waals surface area contributed by atoms with E-state index in [0.29, 0.717) is 11.6 Å². The van der Waals surface area contributed by atoms with E-state index in [9.17, 15) is 4.79 Å². The number of methoxy groups -OCH3 is 1. The number of carbonyl (C=O) groups excluding carboxylic acids is 1. The molecule has 0 spiro atoms. The van der Waals surface area contributed by atoms with Gasteiger partial charge in [0.05, 0.1) is 13.7 Å². The van der Waals surface area contributed by atoms with Crippen molar-refractivity contribution < 1.29 is 9.53 Å². The highest BCUT2D eigenvalue weighted by atomic mass is 35.5. The first kappa shape index (κ1) is 13.1. The van der Waals surface area contributed by atoms with Gasteiger partial charge in [-0.05, 0) is 31.0 Å². The van der Waals surface area contributed by atoms with Crippen LogP contribution in [0.15, 0.2) is 23.2 Å². The second-order valence-electron chi connectivity index (χ2n) is 4.74. The number of hydrogen-bond donors (Lipinski definition) is 0. The van der Waals surface area contributed by atoms with E-state index >= 15 is 0 Å². The minimum atomic E-state index is -0.117. The fourth-order valence-electron chi connectivity index (χ4n) is 2.84. The van der Waals surface area contributed by atoms with Crippen LogP contribution in [0.25, 0.3) is 0 Å². The molecule has 0 amide bonds. The van der Waals surface area contributed by atoms with Crippen molar-refractivity contribution in [3.63, 3.8) is 0 Å². The molecule has 0 unspecified atom stereocenters. The fraction of sp³-hybridized carbons (Fsp3) is 0.500. The van der Waals surface area contributed by atoms with Crippen LogP contribution in [0.3, 0.4) is 0 Å². The van der Waals surface area contributed by atoms with Crippen molar-refractivity contribution in [3.8, 4) is 5.75 Å². The van der Waals surface area contributed by atoms with E-state index in [-0.39, 0.29) is 5.41 Å². The van der Waals surface area contributed by atoms with Crippen LogP contribution in [-0.2, 0) is 10.2 Å². The summed E-state index contributed by atoms with van der Waals surface area (Å²) in [5.41, 5.74) is 0.946. The second kappa shape index (κ2) is 5.55. The zero-order valence-electron chi connectivity index (χ0n) is 10.4. The number of benzene rings is 1. The monoisotopic (exact) mass is 265 g/mol. The maximum atomic E-state index is 10.4. The zero-order valence-corrected chi connectivity index (χ0v) is 11.2. The molecule has 3 nitrogen and oxygen atoms in total. The van der Waals surface area contributed by atoms with Crippen molar-refractivity contribution in [2.45, 2.75) is 31.1 Å². The van der Waals surface area contributed by atoms with E-state index in [1.54, 1.807) is 13.2 Å². The van der Waals surface area contributed by atoms with E-state index in [0.717, 1.165) is 37.0 Å². The van der Waals surface area contributed by atoms with Gasteiger partial charge in [-0.15, -0.1) is 0 Å². The highest BCUT2D eigenvalue weighted by Crippen LogP contribution is 2.45. The van der Waals surface area contributed by atoms with Gasteiger partial charge in [0, 0.05) is 16.0 Å². The Kier molecular flexibility index (Phi) is 4.05. The Morgan fingerprint density at radius 3 is 2.78 bits per heavy atom. The minimum Gasteiger partial charge on any atom is -0.496 e. The predicted octanol–water partition coefficient (Wildman–Crippen LogP) is 3.50. The summed E-state index contributed by atoms with van der Waals surface area (Å²) in [4.78, 5) is 14.2. The van der Waals surface area contributed by atoms with Crippen LogP contribution < -0.4 is 4.74 Å². The highest BCUT2D eigenvalue weighted by Gasteiger charge is 2.37. The number of nitrogens with zero attached hydrogens (tertiary/aromatic N) is 1. The molecule has 0 atom stereocenters. The van der Waals surface area contributed by atoms with Gasteiger partial charge in [-0.1, -0.05) is 24.4 Å². The lowest BCUT2D eigenvalue weighted by Crippen LogP contribution is -2.26. The highest BCUT2D eigenvalue weighted by molar-refractivity contribution is 6.30. The van der Waals surface area contributed by atoms with Gasteiger partial charge < -0.3 is 4.74 Å². The molecule has 18 heavy (non-hydrogen) atoms. The molecule has 2 rings (SSSR count). The molecule has 4 heteroatoms. The normalized spacial score (nSPS) is 17.2. The van der Waals surface area contributed by atoms with Gasteiger partial charge in [-0.25, -0.2) is 9.79 Å². The first-order valence-corrected chi connectivity index (χ1v) is 6.47. The van der Waals surface area contributed by atoms with Crippen LogP contribution in [0.2, 0.25) is 5.02 Å². The second-order valence-corrected chi connectivity index (χ2v) is 5.18. The number of halogens is 1. The minimum absolute atomic E-state index is 0.117. The quantitative estimate of drug-likeness (QED) is 0.617. The zero-order chi connectivity index (χ0) is 13.0. The third-order valence-corrected chi connectivity index (χ3v) is 3.97. The molecule has 1 aliphatic rings. The van der Waals surface area contributed by atoms with Crippen LogP contribution in [0, 0.1) is 0 Å². The van der Waals surface area contributed by atoms with Gasteiger partial charge in [0.2, 0.25) is 6.08 Å². The summed E-state index contributed by atoms with van der Waals surface area (Å²) < 4.78 is 5.42. The molecule has 0 N–H and O–H groups in total. The largest absolute Gasteiger partial charge is 0.496 e. The topological polar surface area (TPSA) is 38.7 Å². The third-order valence-electron chi connectivity index (χ3n) is 3.74. The van der Waals surface area contributed by atoms with Crippen LogP contribution >= 0.6 is 11.6 Å². The molecule has 0 bridgehead atoms. The van der Waals surface area contributed by atoms with Gasteiger partial charge in [0.1, 0.15) is 5.75 Å². The van der Waals surface area contributed by atoms with Gasteiger partial charge in [-0.2, -0.15) is 0 Å². The molecule has 1 fully saturated rings. The van der Waals surface area contributed by atoms with Crippen LogP contribution in [0.5, 0.6) is 5.75 Å². The SMILES string of the molecule is COc1ccc(Cl)cc1C1(CN=C=O)CCCC1. The molecule has 96 valence electrons. The Balaban J connectivity index is 2.47. The molecule has 0 heterocycles. The van der Waals surface area contributed by atoms with E-state index < -0.39 is 0 Å². The maximum absolute atomic E-state index is 10.4. The summed E-state index contributed by atoms with van der Waals surface area (Å²) in [5.74, 6) is 0.822. The van der Waals surface area contributed by atoms with Gasteiger partial charge in [0.25, 0.3) is 0 Å². The average Bonchev–Trinajstić information content (AvgIpc) is 2.86. The molecular weight excluding hydrogens is 250 g/mol. The van der Waals surface area contributed by atoms with Gasteiger partial charge in [-0.3, -0.25) is 0 Å². The van der Waals surface area contributed by atoms with Crippen molar-refractivity contribution in [2.75, 3.05) is 13.7 Å². The van der Waals surface area contributed by atoms with Crippen molar-refractivity contribution in [2.24, 2.45) is 4.99 Å². The molecule has 1 aromatic rings. The Hall–Kier alpha value is -1.31. The lowest BCUT2D eigenvalue weighted by atomic mass is 9.78. The van der Waals surface area contributed by atoms with Crippen molar-refractivity contribution in [3.05, 3.63) is 28.8 Å². The molecule has 1 saturated carbocycles. The fourth-order valence-corrected chi connectivity index (χ4v) is 3.01. The summed E-state index contributed by atoms with van der Waals surface area (Å²) in [6, 6.07) is 5.63. The van der Waals surface area contributed by atoms with E-state index in [1.165, 1.54) is 0 Å². The summed E-state index contributed by atoms with van der Waals surface area (Å²) in [6.07, 6.45) is 5.95. The Bertz CT molecular complexity index is 475. The van der Waals surface area contributed by atoms with Crippen molar-refractivity contribution >= 4 is 17.7 Å². The maximum Gasteiger partial charge on any atom is 0.234 e. The first-order chi connectivity index (χ1) is 8.72. The molecular formula is C14H16ClNO2. The number of aliphatic imine (C=N–C) groups is 1. The molecule has 0 aromatic heterocycles. The van der Waals surface area contributed by atoms with Crippen molar-refractivity contribution in [1.29, 1.82) is 0 Å². The summed E-state index contributed by atoms with van der Waals surface area (Å²) in [6.45, 7) is 0.465. The Morgan fingerprint density at radius 1 is 1.44 bits per heavy atom. The van der Waals surface area contributed by atoms with Gasteiger partial charge in [0.15, 0.2) is 0 Å². The molecule has 0 radical (unpaired) electrons. The molecule has 0 saturated heterocycles. The number of hydrogen-bond acceptors (Lipinski definition) is 3. The molecule has 1 aliphatic carbocycles. The van der Waals surface area contributed by atoms with Crippen LogP contribution in [0.4, 0.5) is 0 Å². The first-order valence-electron chi connectivity index (χ1n) is 6.09. The predicted molar refractivity (Wildman–Crippen MR) is 71.1 cm³/mol. The standard InChI is InChI=1S/C14H16ClNO2/c1-18-13-5-4-11(15)8-12(13)14(9-16-10-17)6-2-3-7-14/h4-5,8H,2-3,6-7,9H2,1H3. The number of ether oxygens (including phenoxy) is 1. The van der Waals surface area contributed by atoms with E-state index in [4.69, 9.17) is 16.3 Å². The Morgan fingerprint density at radius 2 is 2.17 bits per heavy atom. The summed E-state index contributed by atoms with van der Waals surface area (Å²) in [5, 5.41) is 0.687. The smallest absolute Gasteiger partial charge is 0.234 e. The lowest BCUT2D eigenvalue weighted by molar-refractivity contribution is 0.377. The van der Waals surface area contributed by atoms with E-state index in [2.05, 4.69) is 4.99 Å². The summed E-state index contributed by atoms with van der Waals surface area (Å²) >= 11 is 6.08. The van der Waals surface area contributed by atoms with E-state index in [1.807, 2.05) is 18.2 Å². The van der Waals surface area contributed by atoms with Crippen LogP contribution in [-0.4, -0.2) is 19.7 Å². The molecule has 1 aromatic carbocycles. The summed E-state index contributed by atoms with van der Waals surface area (Å²) in [7, 11) is 1.65. The molecule has 0 aliphatic heterocycles. The number of isocyanates is 1.